The third-order valence-electron chi connectivity index (χ3n) is 2.68. The predicted molar refractivity (Wildman–Crippen MR) is 58.8 cm³/mol. The highest BCUT2D eigenvalue weighted by Crippen LogP contribution is 2.15. The van der Waals surface area contributed by atoms with E-state index >= 15 is 0 Å². The molecule has 10 heteroatoms. The van der Waals surface area contributed by atoms with Crippen molar-refractivity contribution in [1.82, 2.24) is 20.5 Å². The van der Waals surface area contributed by atoms with Gasteiger partial charge in [-0.15, -0.1) is 0 Å². The molecule has 0 saturated carbocycles. The van der Waals surface area contributed by atoms with Gasteiger partial charge in [-0.05, 0) is 10.3 Å². The van der Waals surface area contributed by atoms with Crippen molar-refractivity contribution in [3.8, 4) is 0 Å². The number of nitrogens with two attached hydrogens (primary N) is 1. The number of amides is 2. The summed E-state index contributed by atoms with van der Waals surface area (Å²) in [5.74, 6) is -2.60. The van der Waals surface area contributed by atoms with Gasteiger partial charge in [0, 0.05) is 13.1 Å². The largest absolute Gasteiger partial charge is 0.481 e. The molecule has 0 aromatic carbocycles. The average molecular weight is 269 g/mol. The summed E-state index contributed by atoms with van der Waals surface area (Å²) in [6, 6.07) is -1.10. The van der Waals surface area contributed by atoms with Crippen LogP contribution >= 0.6 is 0 Å². The molecule has 1 aliphatic heterocycles. The number of hydrogen-bond donors (Lipinski definition) is 3. The molecular weight excluding hydrogens is 258 g/mol. The highest BCUT2D eigenvalue weighted by Gasteiger charge is 2.37. The molecule has 2 heterocycles. The number of aliphatic carboxylic acids is 1. The van der Waals surface area contributed by atoms with Gasteiger partial charge in [0.2, 0.25) is 17.4 Å². The molecule has 1 unspecified atom stereocenters. The number of nitrogens with one attached hydrogen (secondary N) is 1. The van der Waals surface area contributed by atoms with Crippen LogP contribution in [-0.4, -0.2) is 57.2 Å². The lowest BCUT2D eigenvalue weighted by Gasteiger charge is -2.33. The second kappa shape index (κ2) is 4.92. The second-order valence-corrected chi connectivity index (χ2v) is 3.90. The molecule has 1 saturated heterocycles. The number of carbonyl (C=O) groups excluding carboxylic acids is 2. The molecule has 0 aliphatic carbocycles. The fourth-order valence-corrected chi connectivity index (χ4v) is 1.81. The summed E-state index contributed by atoms with van der Waals surface area (Å²) in [7, 11) is 0. The maximum Gasteiger partial charge on any atom is 0.305 e. The molecule has 10 nitrogen and oxygen atoms in total. The summed E-state index contributed by atoms with van der Waals surface area (Å²) < 4.78 is 4.31. The molecule has 1 aliphatic rings. The summed E-state index contributed by atoms with van der Waals surface area (Å²) >= 11 is 0. The maximum absolute atomic E-state index is 12.1. The van der Waals surface area contributed by atoms with Crippen LogP contribution in [0.4, 0.5) is 5.82 Å². The van der Waals surface area contributed by atoms with Crippen molar-refractivity contribution in [1.29, 1.82) is 0 Å². The van der Waals surface area contributed by atoms with Crippen LogP contribution in [0.25, 0.3) is 0 Å². The van der Waals surface area contributed by atoms with E-state index < -0.39 is 30.2 Å². The molecule has 19 heavy (non-hydrogen) atoms. The molecule has 102 valence electrons. The van der Waals surface area contributed by atoms with E-state index in [0.29, 0.717) is 0 Å². The number of carboxylic acid groups (broad SMARTS) is 1. The average Bonchev–Trinajstić information content (AvgIpc) is 2.77. The minimum Gasteiger partial charge on any atom is -0.481 e. The van der Waals surface area contributed by atoms with Crippen LogP contribution in [0.2, 0.25) is 0 Å². The first-order chi connectivity index (χ1) is 9.00. The highest BCUT2D eigenvalue weighted by atomic mass is 16.6. The number of nitrogen functional groups attached to an aromatic ring is 1. The normalized spacial score (nSPS) is 19.1. The molecule has 1 aromatic rings. The molecule has 2 amide bonds. The molecular formula is C9H11N5O5. The zero-order valence-corrected chi connectivity index (χ0v) is 9.70. The molecule has 1 aromatic heterocycles. The summed E-state index contributed by atoms with van der Waals surface area (Å²) in [5, 5.41) is 17.9. The lowest BCUT2D eigenvalue weighted by Crippen LogP contribution is -2.57. The first-order valence-corrected chi connectivity index (χ1v) is 5.39. The lowest BCUT2D eigenvalue weighted by molar-refractivity contribution is -0.142. The van der Waals surface area contributed by atoms with Crippen molar-refractivity contribution in [2.45, 2.75) is 12.5 Å². The third-order valence-corrected chi connectivity index (χ3v) is 2.68. The summed E-state index contributed by atoms with van der Waals surface area (Å²) in [4.78, 5) is 35.6. The Morgan fingerprint density at radius 2 is 2.26 bits per heavy atom. The maximum atomic E-state index is 12.1. The van der Waals surface area contributed by atoms with Gasteiger partial charge in [-0.3, -0.25) is 14.4 Å². The van der Waals surface area contributed by atoms with Crippen LogP contribution < -0.4 is 11.1 Å². The zero-order chi connectivity index (χ0) is 14.0. The van der Waals surface area contributed by atoms with E-state index in [-0.39, 0.29) is 24.6 Å². The van der Waals surface area contributed by atoms with E-state index in [0.717, 1.165) is 4.90 Å². The zero-order valence-electron chi connectivity index (χ0n) is 9.70. The molecule has 1 atom stereocenters. The molecule has 0 radical (unpaired) electrons. The Kier molecular flexibility index (Phi) is 3.31. The van der Waals surface area contributed by atoms with Crippen LogP contribution in [0.15, 0.2) is 4.63 Å². The van der Waals surface area contributed by atoms with Crippen molar-refractivity contribution in [2.24, 2.45) is 0 Å². The molecule has 1 fully saturated rings. The van der Waals surface area contributed by atoms with E-state index in [4.69, 9.17) is 10.8 Å². The molecule has 2 rings (SSSR count). The number of piperazine rings is 1. The van der Waals surface area contributed by atoms with Crippen molar-refractivity contribution in [2.75, 3.05) is 18.8 Å². The third kappa shape index (κ3) is 2.46. The number of rotatable bonds is 3. The number of anilines is 1. The lowest BCUT2D eigenvalue weighted by atomic mass is 10.1. The predicted octanol–water partition coefficient (Wildman–Crippen LogP) is -1.93. The Labute approximate surface area is 106 Å². The molecule has 0 bridgehead atoms. The van der Waals surface area contributed by atoms with Crippen molar-refractivity contribution >= 4 is 23.6 Å². The van der Waals surface area contributed by atoms with Crippen LogP contribution in [0.3, 0.4) is 0 Å². The van der Waals surface area contributed by atoms with Crippen LogP contribution in [0.5, 0.6) is 0 Å². The van der Waals surface area contributed by atoms with Gasteiger partial charge in [-0.1, -0.05) is 0 Å². The van der Waals surface area contributed by atoms with Gasteiger partial charge in [0.25, 0.3) is 5.91 Å². The number of nitrogens with zero attached hydrogens (tertiary/aromatic N) is 3. The first kappa shape index (κ1) is 12.8. The quantitative estimate of drug-likeness (QED) is 0.573. The topological polar surface area (TPSA) is 152 Å². The highest BCUT2D eigenvalue weighted by molar-refractivity contribution is 6.00. The Hall–Kier alpha value is -2.65. The fraction of sp³-hybridized carbons (Fsp3) is 0.444. The van der Waals surface area contributed by atoms with E-state index in [9.17, 15) is 14.4 Å². The first-order valence-electron chi connectivity index (χ1n) is 5.39. The van der Waals surface area contributed by atoms with Crippen LogP contribution in [0.1, 0.15) is 16.9 Å². The van der Waals surface area contributed by atoms with Gasteiger partial charge < -0.3 is 21.1 Å². The van der Waals surface area contributed by atoms with Gasteiger partial charge in [-0.2, -0.15) is 0 Å². The molecule has 4 N–H and O–H groups in total. The summed E-state index contributed by atoms with van der Waals surface area (Å²) in [6.07, 6.45) is -0.497. The SMILES string of the molecule is Nc1nonc1C(=O)N1CCNC(=O)C1CC(=O)O. The number of carbonyl (C=O) groups is 3. The number of aromatic nitrogens is 2. The Morgan fingerprint density at radius 3 is 2.84 bits per heavy atom. The second-order valence-electron chi connectivity index (χ2n) is 3.90. The van der Waals surface area contributed by atoms with Gasteiger partial charge in [0.05, 0.1) is 6.42 Å². The van der Waals surface area contributed by atoms with Gasteiger partial charge >= 0.3 is 5.97 Å². The Morgan fingerprint density at radius 1 is 1.53 bits per heavy atom. The minimum absolute atomic E-state index is 0.162. The smallest absolute Gasteiger partial charge is 0.305 e. The van der Waals surface area contributed by atoms with Crippen molar-refractivity contribution in [3.05, 3.63) is 5.69 Å². The number of hydrogen-bond acceptors (Lipinski definition) is 7. The minimum atomic E-state index is -1.19. The van der Waals surface area contributed by atoms with Crippen molar-refractivity contribution in [3.63, 3.8) is 0 Å². The Balaban J connectivity index is 2.25. The van der Waals surface area contributed by atoms with Gasteiger partial charge in [0.15, 0.2) is 0 Å². The van der Waals surface area contributed by atoms with E-state index in [2.05, 4.69) is 20.3 Å². The van der Waals surface area contributed by atoms with Crippen LogP contribution in [0, 0.1) is 0 Å². The van der Waals surface area contributed by atoms with Crippen molar-refractivity contribution < 1.29 is 24.1 Å². The summed E-state index contributed by atoms with van der Waals surface area (Å²) in [5.41, 5.74) is 5.17. The Bertz CT molecular complexity index is 527. The van der Waals surface area contributed by atoms with Crippen LogP contribution in [-0.2, 0) is 9.59 Å². The fourth-order valence-electron chi connectivity index (χ4n) is 1.81. The van der Waals surface area contributed by atoms with E-state index in [1.54, 1.807) is 0 Å². The van der Waals surface area contributed by atoms with E-state index in [1.807, 2.05) is 0 Å². The van der Waals surface area contributed by atoms with Gasteiger partial charge in [0.1, 0.15) is 6.04 Å². The van der Waals surface area contributed by atoms with E-state index in [1.165, 1.54) is 0 Å². The standard InChI is InChI=1S/C9H11N5O5/c10-7-6(12-19-13-7)9(18)14-2-1-11-8(17)4(14)3-5(15)16/h4H,1-3H2,(H2,10,13)(H,11,17)(H,15,16). The summed E-state index contributed by atoms with van der Waals surface area (Å²) in [6.45, 7) is 0.390. The number of carboxylic acids is 1. The van der Waals surface area contributed by atoms with Gasteiger partial charge in [-0.25, -0.2) is 4.63 Å². The monoisotopic (exact) mass is 269 g/mol. The molecule has 0 spiro atoms.